The number of hydrogen-bond donors (Lipinski definition) is 1. The van der Waals surface area contributed by atoms with Crippen LogP contribution in [0.3, 0.4) is 0 Å². The second-order valence-electron chi connectivity index (χ2n) is 5.76. The van der Waals surface area contributed by atoms with Gasteiger partial charge in [0.15, 0.2) is 0 Å². The first-order valence-electron chi connectivity index (χ1n) is 8.13. The molecule has 0 fully saturated rings. The summed E-state index contributed by atoms with van der Waals surface area (Å²) in [6, 6.07) is 10.8. The second kappa shape index (κ2) is 9.63. The van der Waals surface area contributed by atoms with Crippen molar-refractivity contribution in [3.63, 3.8) is 0 Å². The number of hydroxylamine groups is 2. The number of benzene rings is 2. The Morgan fingerprint density at radius 1 is 1.07 bits per heavy atom. The van der Waals surface area contributed by atoms with Gasteiger partial charge in [0, 0.05) is 19.5 Å². The first kappa shape index (κ1) is 20.3. The Kier molecular flexibility index (Phi) is 7.25. The monoisotopic (exact) mass is 378 g/mol. The van der Waals surface area contributed by atoms with E-state index in [2.05, 4.69) is 5.32 Å². The van der Waals surface area contributed by atoms with E-state index in [0.29, 0.717) is 0 Å². The van der Waals surface area contributed by atoms with Crippen molar-refractivity contribution < 1.29 is 27.9 Å². The predicted molar refractivity (Wildman–Crippen MR) is 93.4 cm³/mol. The zero-order valence-electron chi connectivity index (χ0n) is 14.9. The van der Waals surface area contributed by atoms with Crippen molar-refractivity contribution in [1.29, 1.82) is 0 Å². The summed E-state index contributed by atoms with van der Waals surface area (Å²) < 4.78 is 31.9. The third-order valence-corrected chi connectivity index (χ3v) is 3.75. The number of carbonyl (C=O) groups is 2. The molecule has 0 radical (unpaired) electrons. The molecular weight excluding hydrogens is 358 g/mol. The maximum atomic E-state index is 13.4. The lowest BCUT2D eigenvalue weighted by Crippen LogP contribution is -2.48. The molecule has 0 saturated carbocycles. The largest absolute Gasteiger partial charge is 0.445 e. The van der Waals surface area contributed by atoms with E-state index in [-0.39, 0.29) is 18.6 Å². The maximum absolute atomic E-state index is 13.4. The van der Waals surface area contributed by atoms with Gasteiger partial charge in [-0.25, -0.2) is 18.6 Å². The molecule has 0 bridgehead atoms. The number of likely N-dealkylation sites (N-methyl/N-ethyl adjacent to an activating group) is 1. The van der Waals surface area contributed by atoms with Crippen molar-refractivity contribution in [3.8, 4) is 0 Å². The fourth-order valence-electron chi connectivity index (χ4n) is 2.38. The molecule has 0 aliphatic rings. The molecule has 1 atom stereocenters. The molecule has 144 valence electrons. The van der Waals surface area contributed by atoms with Gasteiger partial charge >= 0.3 is 6.09 Å². The zero-order valence-corrected chi connectivity index (χ0v) is 14.9. The fraction of sp³-hybridized carbons (Fsp3) is 0.263. The van der Waals surface area contributed by atoms with E-state index < -0.39 is 29.7 Å². The van der Waals surface area contributed by atoms with Crippen LogP contribution in [-0.4, -0.2) is 37.3 Å². The third kappa shape index (κ3) is 6.34. The Labute approximate surface area is 155 Å². The van der Waals surface area contributed by atoms with Crippen LogP contribution in [0.2, 0.25) is 0 Å². The molecule has 1 unspecified atom stereocenters. The summed E-state index contributed by atoms with van der Waals surface area (Å²) in [6.45, 7) is 0.0162. The average molecular weight is 378 g/mol. The van der Waals surface area contributed by atoms with Crippen molar-refractivity contribution in [2.24, 2.45) is 0 Å². The molecular formula is C19H20F2N2O4. The molecule has 0 spiro atoms. The molecule has 0 heterocycles. The van der Waals surface area contributed by atoms with Gasteiger partial charge in [0.1, 0.15) is 24.3 Å². The van der Waals surface area contributed by atoms with Gasteiger partial charge in [-0.2, -0.15) is 0 Å². The summed E-state index contributed by atoms with van der Waals surface area (Å²) in [5.41, 5.74) is 0.982. The molecule has 27 heavy (non-hydrogen) atoms. The number of nitrogens with zero attached hydrogens (tertiary/aromatic N) is 1. The number of rotatable bonds is 7. The van der Waals surface area contributed by atoms with E-state index in [1.165, 1.54) is 14.2 Å². The van der Waals surface area contributed by atoms with Crippen LogP contribution in [0.4, 0.5) is 13.6 Å². The van der Waals surface area contributed by atoms with E-state index in [0.717, 1.165) is 28.8 Å². The highest BCUT2D eigenvalue weighted by Gasteiger charge is 2.26. The first-order valence-corrected chi connectivity index (χ1v) is 8.13. The molecule has 0 aliphatic heterocycles. The van der Waals surface area contributed by atoms with Crippen LogP contribution < -0.4 is 5.32 Å². The summed E-state index contributed by atoms with van der Waals surface area (Å²) in [5, 5.41) is 3.33. The van der Waals surface area contributed by atoms with Gasteiger partial charge in [-0.05, 0) is 23.3 Å². The molecule has 6 nitrogen and oxygen atoms in total. The van der Waals surface area contributed by atoms with Crippen LogP contribution in [0.5, 0.6) is 0 Å². The second-order valence-corrected chi connectivity index (χ2v) is 5.76. The minimum atomic E-state index is -1.13. The molecule has 2 amide bonds. The minimum Gasteiger partial charge on any atom is -0.445 e. The van der Waals surface area contributed by atoms with Gasteiger partial charge < -0.3 is 10.1 Å². The number of ether oxygens (including phenoxy) is 1. The van der Waals surface area contributed by atoms with Gasteiger partial charge in [-0.3, -0.25) is 9.63 Å². The molecule has 0 aromatic heterocycles. The Morgan fingerprint density at radius 3 is 2.30 bits per heavy atom. The molecule has 0 aliphatic carbocycles. The molecule has 2 aromatic carbocycles. The lowest BCUT2D eigenvalue weighted by Gasteiger charge is -2.22. The normalized spacial score (nSPS) is 11.6. The van der Waals surface area contributed by atoms with Crippen LogP contribution in [-0.2, 0) is 27.4 Å². The van der Waals surface area contributed by atoms with E-state index in [4.69, 9.17) is 9.57 Å². The fourth-order valence-corrected chi connectivity index (χ4v) is 2.38. The highest BCUT2D eigenvalue weighted by atomic mass is 19.1. The molecule has 2 aromatic rings. The summed E-state index contributed by atoms with van der Waals surface area (Å²) in [7, 11) is 2.64. The van der Waals surface area contributed by atoms with E-state index in [1.54, 1.807) is 24.3 Å². The standard InChI is InChI=1S/C19H20F2N2O4/c1-23(26-2)18(24)17(10-14-8-15(20)11-16(21)9-14)22-19(25)27-12-13-6-4-3-5-7-13/h3-9,11,17H,10,12H2,1-2H3,(H,22,25). The summed E-state index contributed by atoms with van der Waals surface area (Å²) in [4.78, 5) is 29.3. The Bertz CT molecular complexity index is 766. The number of alkyl carbamates (subject to hydrolysis) is 1. The highest BCUT2D eigenvalue weighted by molar-refractivity contribution is 5.85. The third-order valence-electron chi connectivity index (χ3n) is 3.75. The van der Waals surface area contributed by atoms with Gasteiger partial charge in [0.05, 0.1) is 7.11 Å². The van der Waals surface area contributed by atoms with Gasteiger partial charge in [0.2, 0.25) is 0 Å². The van der Waals surface area contributed by atoms with Gasteiger partial charge in [-0.1, -0.05) is 30.3 Å². The van der Waals surface area contributed by atoms with Crippen LogP contribution in [0.25, 0.3) is 0 Å². The van der Waals surface area contributed by atoms with Crippen molar-refractivity contribution in [3.05, 3.63) is 71.3 Å². The van der Waals surface area contributed by atoms with Crippen LogP contribution in [0, 0.1) is 11.6 Å². The SMILES string of the molecule is CON(C)C(=O)C(Cc1cc(F)cc(F)c1)NC(=O)OCc1ccccc1. The Hall–Kier alpha value is -3.00. The molecule has 0 saturated heterocycles. The summed E-state index contributed by atoms with van der Waals surface area (Å²) >= 11 is 0. The number of amides is 2. The lowest BCUT2D eigenvalue weighted by atomic mass is 10.0. The first-order chi connectivity index (χ1) is 12.9. The highest BCUT2D eigenvalue weighted by Crippen LogP contribution is 2.12. The Balaban J connectivity index is 2.07. The van der Waals surface area contributed by atoms with E-state index in [9.17, 15) is 18.4 Å². The van der Waals surface area contributed by atoms with E-state index >= 15 is 0 Å². The van der Waals surface area contributed by atoms with Crippen LogP contribution in [0.15, 0.2) is 48.5 Å². The average Bonchev–Trinajstić information content (AvgIpc) is 2.64. The molecule has 1 N–H and O–H groups in total. The van der Waals surface area contributed by atoms with Crippen molar-refractivity contribution in [2.45, 2.75) is 19.1 Å². The summed E-state index contributed by atoms with van der Waals surface area (Å²) in [5.74, 6) is -2.15. The number of hydrogen-bond acceptors (Lipinski definition) is 4. The van der Waals surface area contributed by atoms with E-state index in [1.807, 2.05) is 6.07 Å². The number of halogens is 2. The smallest absolute Gasteiger partial charge is 0.408 e. The molecule has 8 heteroatoms. The Morgan fingerprint density at radius 2 is 1.70 bits per heavy atom. The topological polar surface area (TPSA) is 67.9 Å². The number of carbonyl (C=O) groups excluding carboxylic acids is 2. The predicted octanol–water partition coefficient (Wildman–Crippen LogP) is 2.82. The van der Waals surface area contributed by atoms with Gasteiger partial charge in [-0.15, -0.1) is 0 Å². The molecule has 2 rings (SSSR count). The van der Waals surface area contributed by atoms with Crippen molar-refractivity contribution in [2.75, 3.05) is 14.2 Å². The minimum absolute atomic E-state index is 0.0162. The van der Waals surface area contributed by atoms with Crippen molar-refractivity contribution in [1.82, 2.24) is 10.4 Å². The van der Waals surface area contributed by atoms with Crippen molar-refractivity contribution >= 4 is 12.0 Å². The zero-order chi connectivity index (χ0) is 19.8. The quantitative estimate of drug-likeness (QED) is 0.753. The van der Waals surface area contributed by atoms with Crippen LogP contribution in [0.1, 0.15) is 11.1 Å². The van der Waals surface area contributed by atoms with Gasteiger partial charge in [0.25, 0.3) is 5.91 Å². The summed E-state index contributed by atoms with van der Waals surface area (Å²) in [6.07, 6.45) is -0.972. The maximum Gasteiger partial charge on any atom is 0.408 e. The lowest BCUT2D eigenvalue weighted by molar-refractivity contribution is -0.170. The number of nitrogens with one attached hydrogen (secondary N) is 1. The van der Waals surface area contributed by atoms with Crippen LogP contribution >= 0.6 is 0 Å².